The normalized spacial score (nSPS) is 24.8. The SMILES string of the molecule is CN1CCN(C(=O)Nc2ccc(F)c(Cl)c2)C[C@@]12CCNC(=O)CC2. The highest BCUT2D eigenvalue weighted by molar-refractivity contribution is 6.31. The van der Waals surface area contributed by atoms with Gasteiger partial charge in [0.25, 0.3) is 0 Å². The Morgan fingerprint density at radius 3 is 2.92 bits per heavy atom. The van der Waals surface area contributed by atoms with Crippen molar-refractivity contribution in [3.8, 4) is 0 Å². The quantitative estimate of drug-likeness (QED) is 0.799. The highest BCUT2D eigenvalue weighted by Gasteiger charge is 2.42. The van der Waals surface area contributed by atoms with Crippen LogP contribution in [0.5, 0.6) is 0 Å². The molecular weight excluding hydrogens is 347 g/mol. The Hall–Kier alpha value is -1.86. The van der Waals surface area contributed by atoms with E-state index in [4.69, 9.17) is 11.6 Å². The van der Waals surface area contributed by atoms with Gasteiger partial charge in [-0.2, -0.15) is 0 Å². The lowest BCUT2D eigenvalue weighted by atomic mass is 9.86. The molecule has 1 spiro atoms. The summed E-state index contributed by atoms with van der Waals surface area (Å²) < 4.78 is 13.2. The number of amides is 3. The van der Waals surface area contributed by atoms with Crippen molar-refractivity contribution >= 4 is 29.2 Å². The molecule has 6 nitrogen and oxygen atoms in total. The smallest absolute Gasteiger partial charge is 0.321 e. The molecule has 3 rings (SSSR count). The molecule has 1 aromatic rings. The fourth-order valence-corrected chi connectivity index (χ4v) is 3.73. The van der Waals surface area contributed by atoms with Crippen LogP contribution in [0, 0.1) is 5.82 Å². The monoisotopic (exact) mass is 368 g/mol. The van der Waals surface area contributed by atoms with E-state index in [0.29, 0.717) is 31.7 Å². The molecule has 2 N–H and O–H groups in total. The molecule has 2 aliphatic rings. The molecule has 136 valence electrons. The summed E-state index contributed by atoms with van der Waals surface area (Å²) in [5.74, 6) is -0.457. The van der Waals surface area contributed by atoms with Crippen molar-refractivity contribution < 1.29 is 14.0 Å². The number of anilines is 1. The maximum absolute atomic E-state index is 13.2. The summed E-state index contributed by atoms with van der Waals surface area (Å²) in [6.07, 6.45) is 2.00. The van der Waals surface area contributed by atoms with E-state index >= 15 is 0 Å². The molecule has 2 saturated heterocycles. The third-order valence-corrected chi connectivity index (χ3v) is 5.48. The molecule has 0 radical (unpaired) electrons. The van der Waals surface area contributed by atoms with Crippen LogP contribution < -0.4 is 10.6 Å². The summed E-state index contributed by atoms with van der Waals surface area (Å²) in [5.41, 5.74) is 0.261. The van der Waals surface area contributed by atoms with Crippen LogP contribution in [0.25, 0.3) is 0 Å². The molecule has 2 heterocycles. The van der Waals surface area contributed by atoms with E-state index in [-0.39, 0.29) is 22.5 Å². The van der Waals surface area contributed by atoms with Gasteiger partial charge in [-0.05, 0) is 38.1 Å². The average Bonchev–Trinajstić information content (AvgIpc) is 2.76. The van der Waals surface area contributed by atoms with Gasteiger partial charge < -0.3 is 15.5 Å². The molecule has 2 aliphatic heterocycles. The van der Waals surface area contributed by atoms with Crippen LogP contribution in [0.3, 0.4) is 0 Å². The van der Waals surface area contributed by atoms with Crippen molar-refractivity contribution in [1.29, 1.82) is 0 Å². The van der Waals surface area contributed by atoms with Gasteiger partial charge in [0.1, 0.15) is 5.82 Å². The highest BCUT2D eigenvalue weighted by atomic mass is 35.5. The number of carbonyl (C=O) groups is 2. The minimum atomic E-state index is -0.520. The lowest BCUT2D eigenvalue weighted by Crippen LogP contribution is -2.62. The standard InChI is InChI=1S/C17H22ClFN4O2/c1-22-8-9-23(11-17(22)5-4-15(24)20-7-6-17)16(25)21-12-2-3-14(19)13(18)10-12/h2-3,10H,4-9,11H2,1H3,(H,20,24)(H,21,25)/t17-/m1/s1. The minimum absolute atomic E-state index is 0.0268. The molecule has 0 unspecified atom stereocenters. The molecule has 0 saturated carbocycles. The van der Waals surface area contributed by atoms with Crippen LogP contribution in [-0.4, -0.2) is 60.5 Å². The molecule has 1 aromatic carbocycles. The Balaban J connectivity index is 1.70. The van der Waals surface area contributed by atoms with Gasteiger partial charge in [0.15, 0.2) is 0 Å². The number of halogens is 2. The number of piperazine rings is 1. The number of hydrogen-bond acceptors (Lipinski definition) is 3. The summed E-state index contributed by atoms with van der Waals surface area (Å²) >= 11 is 5.77. The lowest BCUT2D eigenvalue weighted by molar-refractivity contribution is -0.121. The fraction of sp³-hybridized carbons (Fsp3) is 0.529. The van der Waals surface area contributed by atoms with Crippen LogP contribution in [0.4, 0.5) is 14.9 Å². The molecule has 8 heteroatoms. The van der Waals surface area contributed by atoms with E-state index in [2.05, 4.69) is 15.5 Å². The first-order valence-corrected chi connectivity index (χ1v) is 8.76. The van der Waals surface area contributed by atoms with Crippen molar-refractivity contribution in [1.82, 2.24) is 15.1 Å². The highest BCUT2D eigenvalue weighted by Crippen LogP contribution is 2.30. The lowest BCUT2D eigenvalue weighted by Gasteiger charge is -2.49. The maximum Gasteiger partial charge on any atom is 0.321 e. The minimum Gasteiger partial charge on any atom is -0.356 e. The Kier molecular flexibility index (Phi) is 5.15. The zero-order valence-electron chi connectivity index (χ0n) is 14.1. The topological polar surface area (TPSA) is 64.7 Å². The largest absolute Gasteiger partial charge is 0.356 e. The van der Waals surface area contributed by atoms with Gasteiger partial charge in [0.2, 0.25) is 5.91 Å². The zero-order chi connectivity index (χ0) is 18.0. The summed E-state index contributed by atoms with van der Waals surface area (Å²) in [4.78, 5) is 28.3. The van der Waals surface area contributed by atoms with Crippen molar-refractivity contribution in [3.63, 3.8) is 0 Å². The van der Waals surface area contributed by atoms with Gasteiger partial charge in [-0.15, -0.1) is 0 Å². The van der Waals surface area contributed by atoms with Gasteiger partial charge in [-0.1, -0.05) is 11.6 Å². The third-order valence-electron chi connectivity index (χ3n) is 5.19. The van der Waals surface area contributed by atoms with Crippen LogP contribution in [0.2, 0.25) is 5.02 Å². The molecule has 1 atom stereocenters. The summed E-state index contributed by atoms with van der Waals surface area (Å²) in [6.45, 7) is 2.51. The zero-order valence-corrected chi connectivity index (χ0v) is 14.9. The Labute approximate surface area is 151 Å². The number of nitrogens with zero attached hydrogens (tertiary/aromatic N) is 2. The van der Waals surface area contributed by atoms with Crippen LogP contribution >= 0.6 is 11.6 Å². The van der Waals surface area contributed by atoms with Crippen molar-refractivity contribution in [3.05, 3.63) is 29.0 Å². The van der Waals surface area contributed by atoms with E-state index < -0.39 is 5.82 Å². The van der Waals surface area contributed by atoms with Crippen LogP contribution in [-0.2, 0) is 4.79 Å². The number of urea groups is 1. The van der Waals surface area contributed by atoms with Gasteiger partial charge in [0.05, 0.1) is 5.02 Å². The summed E-state index contributed by atoms with van der Waals surface area (Å²) in [6, 6.07) is 3.87. The van der Waals surface area contributed by atoms with E-state index in [9.17, 15) is 14.0 Å². The van der Waals surface area contributed by atoms with Gasteiger partial charge in [0, 0.05) is 43.8 Å². The number of rotatable bonds is 1. The first-order chi connectivity index (χ1) is 11.9. The first kappa shape index (κ1) is 17.9. The number of benzene rings is 1. The molecule has 2 fully saturated rings. The molecule has 25 heavy (non-hydrogen) atoms. The number of hydrogen-bond donors (Lipinski definition) is 2. The molecule has 0 aliphatic carbocycles. The van der Waals surface area contributed by atoms with E-state index in [0.717, 1.165) is 19.4 Å². The maximum atomic E-state index is 13.2. The molecular formula is C17H22ClFN4O2. The summed E-state index contributed by atoms with van der Waals surface area (Å²) in [5, 5.41) is 5.65. The second kappa shape index (κ2) is 7.17. The van der Waals surface area contributed by atoms with Crippen molar-refractivity contribution in [2.24, 2.45) is 0 Å². The number of likely N-dealkylation sites (N-methyl/N-ethyl adjacent to an activating group) is 1. The predicted octanol–water partition coefficient (Wildman–Crippen LogP) is 2.30. The molecule has 3 amide bonds. The van der Waals surface area contributed by atoms with Crippen molar-refractivity contribution in [2.75, 3.05) is 38.5 Å². The van der Waals surface area contributed by atoms with Crippen LogP contribution in [0.1, 0.15) is 19.3 Å². The summed E-state index contributed by atoms with van der Waals surface area (Å²) in [7, 11) is 2.05. The first-order valence-electron chi connectivity index (χ1n) is 8.39. The molecule has 0 aromatic heterocycles. The van der Waals surface area contributed by atoms with E-state index in [1.807, 2.05) is 7.05 Å². The molecule has 0 bridgehead atoms. The van der Waals surface area contributed by atoms with Gasteiger partial charge in [-0.3, -0.25) is 9.69 Å². The number of nitrogens with one attached hydrogen (secondary N) is 2. The third kappa shape index (κ3) is 3.88. The second-order valence-corrected chi connectivity index (χ2v) is 7.13. The van der Waals surface area contributed by atoms with E-state index in [1.165, 1.54) is 18.2 Å². The van der Waals surface area contributed by atoms with Crippen molar-refractivity contribution in [2.45, 2.75) is 24.8 Å². The Morgan fingerprint density at radius 1 is 1.36 bits per heavy atom. The second-order valence-electron chi connectivity index (χ2n) is 6.73. The Bertz CT molecular complexity index is 687. The van der Waals surface area contributed by atoms with Crippen LogP contribution in [0.15, 0.2) is 18.2 Å². The predicted molar refractivity (Wildman–Crippen MR) is 94.2 cm³/mol. The fourth-order valence-electron chi connectivity index (χ4n) is 3.55. The van der Waals surface area contributed by atoms with Gasteiger partial charge in [-0.25, -0.2) is 9.18 Å². The van der Waals surface area contributed by atoms with E-state index in [1.54, 1.807) is 4.90 Å². The Morgan fingerprint density at radius 2 is 2.16 bits per heavy atom. The van der Waals surface area contributed by atoms with Gasteiger partial charge >= 0.3 is 6.03 Å². The number of carbonyl (C=O) groups excluding carboxylic acids is 2. The average molecular weight is 369 g/mol.